The van der Waals surface area contributed by atoms with Crippen molar-refractivity contribution in [2.75, 3.05) is 31.6 Å². The van der Waals surface area contributed by atoms with E-state index in [-0.39, 0.29) is 0 Å². The number of hydrogen-bond acceptors (Lipinski definition) is 5. The molecule has 5 nitrogen and oxygen atoms in total. The van der Waals surface area contributed by atoms with Crippen LogP contribution >= 0.6 is 0 Å². The van der Waals surface area contributed by atoms with Crippen LogP contribution in [0.25, 0.3) is 0 Å². The van der Waals surface area contributed by atoms with Crippen LogP contribution in [0.5, 0.6) is 0 Å². The fourth-order valence-corrected chi connectivity index (χ4v) is 2.33. The van der Waals surface area contributed by atoms with Crippen molar-refractivity contribution in [1.82, 2.24) is 15.5 Å². The lowest BCUT2D eigenvalue weighted by molar-refractivity contribution is 0.0817. The van der Waals surface area contributed by atoms with Gasteiger partial charge in [-0.05, 0) is 37.9 Å². The van der Waals surface area contributed by atoms with Gasteiger partial charge in [-0.3, -0.25) is 0 Å². The average Bonchev–Trinajstić information content (AvgIpc) is 2.48. The van der Waals surface area contributed by atoms with Crippen LogP contribution in [0, 0.1) is 0 Å². The first-order valence-electron chi connectivity index (χ1n) is 7.14. The molecule has 5 heteroatoms. The molecule has 1 aliphatic rings. The van der Waals surface area contributed by atoms with Crippen LogP contribution in [0.3, 0.4) is 0 Å². The summed E-state index contributed by atoms with van der Waals surface area (Å²) in [5, 5.41) is 11.9. The molecular weight excluding hydrogens is 240 g/mol. The van der Waals surface area contributed by atoms with Crippen LogP contribution < -0.4 is 10.2 Å². The number of piperidine rings is 1. The van der Waals surface area contributed by atoms with Gasteiger partial charge in [-0.1, -0.05) is 6.92 Å². The molecule has 2 rings (SSSR count). The maximum atomic E-state index is 5.38. The molecule has 0 amide bonds. The van der Waals surface area contributed by atoms with E-state index >= 15 is 0 Å². The second kappa shape index (κ2) is 7.40. The van der Waals surface area contributed by atoms with Gasteiger partial charge in [0.15, 0.2) is 5.82 Å². The summed E-state index contributed by atoms with van der Waals surface area (Å²) in [6.45, 7) is 5.98. The van der Waals surface area contributed by atoms with Crippen molar-refractivity contribution in [2.24, 2.45) is 0 Å². The number of aromatic nitrogens is 2. The Morgan fingerprint density at radius 2 is 2.11 bits per heavy atom. The Hall–Kier alpha value is -1.20. The lowest BCUT2D eigenvalue weighted by Crippen LogP contribution is -2.37. The normalized spacial score (nSPS) is 16.8. The van der Waals surface area contributed by atoms with Crippen LogP contribution in [0.1, 0.15) is 31.9 Å². The second-order valence-corrected chi connectivity index (χ2v) is 4.98. The van der Waals surface area contributed by atoms with Crippen LogP contribution in [0.2, 0.25) is 0 Å². The second-order valence-electron chi connectivity index (χ2n) is 4.98. The fourth-order valence-electron chi connectivity index (χ4n) is 2.33. The number of nitrogens with zero attached hydrogens (tertiary/aromatic N) is 3. The molecule has 2 heterocycles. The molecule has 0 bridgehead atoms. The molecule has 0 atom stereocenters. The van der Waals surface area contributed by atoms with E-state index < -0.39 is 0 Å². The lowest BCUT2D eigenvalue weighted by Gasteiger charge is -2.31. The Morgan fingerprint density at radius 3 is 2.68 bits per heavy atom. The van der Waals surface area contributed by atoms with E-state index in [1.54, 1.807) is 7.11 Å². The van der Waals surface area contributed by atoms with Crippen LogP contribution in [-0.4, -0.2) is 43.0 Å². The summed E-state index contributed by atoms with van der Waals surface area (Å²) in [6, 6.07) is 4.14. The highest BCUT2D eigenvalue weighted by Gasteiger charge is 2.19. The van der Waals surface area contributed by atoms with Crippen molar-refractivity contribution >= 4 is 5.82 Å². The summed E-state index contributed by atoms with van der Waals surface area (Å²) in [5.74, 6) is 0.980. The van der Waals surface area contributed by atoms with Crippen LogP contribution in [0.4, 0.5) is 5.82 Å². The molecule has 1 aromatic heterocycles. The zero-order valence-corrected chi connectivity index (χ0v) is 11.9. The molecule has 0 unspecified atom stereocenters. The lowest BCUT2D eigenvalue weighted by atomic mass is 10.1. The SMILES string of the molecule is CCCNCc1ccc(N2CCC(OC)CC2)nn1. The van der Waals surface area contributed by atoms with Crippen molar-refractivity contribution in [2.45, 2.75) is 38.8 Å². The average molecular weight is 264 g/mol. The molecule has 0 saturated carbocycles. The van der Waals surface area contributed by atoms with Gasteiger partial charge in [-0.15, -0.1) is 5.10 Å². The third kappa shape index (κ3) is 4.14. The van der Waals surface area contributed by atoms with E-state index in [1.165, 1.54) is 0 Å². The summed E-state index contributed by atoms with van der Waals surface area (Å²) < 4.78 is 5.38. The highest BCUT2D eigenvalue weighted by molar-refractivity contribution is 5.37. The number of hydrogen-bond donors (Lipinski definition) is 1. The van der Waals surface area contributed by atoms with Crippen molar-refractivity contribution < 1.29 is 4.74 Å². The third-order valence-electron chi connectivity index (χ3n) is 3.54. The Bertz CT molecular complexity index is 360. The van der Waals surface area contributed by atoms with Crippen molar-refractivity contribution in [3.63, 3.8) is 0 Å². The van der Waals surface area contributed by atoms with Gasteiger partial charge in [0.1, 0.15) is 0 Å². The summed E-state index contributed by atoms with van der Waals surface area (Å²) in [6.07, 6.45) is 3.68. The van der Waals surface area contributed by atoms with Gasteiger partial charge in [-0.25, -0.2) is 0 Å². The van der Waals surface area contributed by atoms with Gasteiger partial charge < -0.3 is 15.0 Å². The summed E-state index contributed by atoms with van der Waals surface area (Å²) in [7, 11) is 1.79. The Kier molecular flexibility index (Phi) is 5.54. The number of ether oxygens (including phenoxy) is 1. The Labute approximate surface area is 115 Å². The van der Waals surface area contributed by atoms with Gasteiger partial charge in [-0.2, -0.15) is 5.10 Å². The highest BCUT2D eigenvalue weighted by Crippen LogP contribution is 2.18. The smallest absolute Gasteiger partial charge is 0.151 e. The summed E-state index contributed by atoms with van der Waals surface area (Å²) >= 11 is 0. The molecular formula is C14H24N4O. The van der Waals surface area contributed by atoms with Crippen molar-refractivity contribution in [3.8, 4) is 0 Å². The standard InChI is InChI=1S/C14H24N4O/c1-3-8-15-11-12-4-5-14(17-16-12)18-9-6-13(19-2)7-10-18/h4-5,13,15H,3,6-11H2,1-2H3. The number of methoxy groups -OCH3 is 1. The van der Waals surface area contributed by atoms with Gasteiger partial charge in [0.2, 0.25) is 0 Å². The van der Waals surface area contributed by atoms with E-state index in [4.69, 9.17) is 4.74 Å². The highest BCUT2D eigenvalue weighted by atomic mass is 16.5. The topological polar surface area (TPSA) is 50.3 Å². The maximum Gasteiger partial charge on any atom is 0.151 e. The van der Waals surface area contributed by atoms with E-state index in [9.17, 15) is 0 Å². The van der Waals surface area contributed by atoms with Crippen LogP contribution in [-0.2, 0) is 11.3 Å². The molecule has 106 valence electrons. The molecule has 1 aromatic rings. The molecule has 0 aliphatic carbocycles. The minimum atomic E-state index is 0.404. The molecule has 0 aromatic carbocycles. The maximum absolute atomic E-state index is 5.38. The van der Waals surface area contributed by atoms with E-state index in [1.807, 2.05) is 0 Å². The van der Waals surface area contributed by atoms with Gasteiger partial charge in [0.05, 0.1) is 11.8 Å². The van der Waals surface area contributed by atoms with E-state index in [2.05, 4.69) is 39.5 Å². The molecule has 19 heavy (non-hydrogen) atoms. The molecule has 1 aliphatic heterocycles. The van der Waals surface area contributed by atoms with Crippen LogP contribution in [0.15, 0.2) is 12.1 Å². The molecule has 1 fully saturated rings. The summed E-state index contributed by atoms with van der Waals surface area (Å²) in [5.41, 5.74) is 1.00. The van der Waals surface area contributed by atoms with Gasteiger partial charge >= 0.3 is 0 Å². The predicted molar refractivity (Wildman–Crippen MR) is 76.3 cm³/mol. The first kappa shape index (κ1) is 14.2. The first-order valence-corrected chi connectivity index (χ1v) is 7.14. The Balaban J connectivity index is 1.84. The largest absolute Gasteiger partial charge is 0.381 e. The monoisotopic (exact) mass is 264 g/mol. The zero-order valence-electron chi connectivity index (χ0n) is 11.9. The molecule has 0 radical (unpaired) electrons. The quantitative estimate of drug-likeness (QED) is 0.791. The van der Waals surface area contributed by atoms with E-state index in [0.29, 0.717) is 6.10 Å². The Morgan fingerprint density at radius 1 is 1.32 bits per heavy atom. The van der Waals surface area contributed by atoms with Crippen molar-refractivity contribution in [1.29, 1.82) is 0 Å². The molecule has 1 N–H and O–H groups in total. The molecule has 0 spiro atoms. The minimum Gasteiger partial charge on any atom is -0.381 e. The van der Waals surface area contributed by atoms with Gasteiger partial charge in [0.25, 0.3) is 0 Å². The van der Waals surface area contributed by atoms with E-state index in [0.717, 1.165) is 57.0 Å². The molecule has 1 saturated heterocycles. The van der Waals surface area contributed by atoms with Gasteiger partial charge in [0, 0.05) is 26.7 Å². The fraction of sp³-hybridized carbons (Fsp3) is 0.714. The number of nitrogens with one attached hydrogen (secondary N) is 1. The predicted octanol–water partition coefficient (Wildman–Crippen LogP) is 1.59. The third-order valence-corrected chi connectivity index (χ3v) is 3.54. The number of anilines is 1. The zero-order chi connectivity index (χ0) is 13.5. The summed E-state index contributed by atoms with van der Waals surface area (Å²) in [4.78, 5) is 2.28. The minimum absolute atomic E-state index is 0.404. The van der Waals surface area contributed by atoms with Crippen molar-refractivity contribution in [3.05, 3.63) is 17.8 Å². The number of rotatable bonds is 6. The first-order chi connectivity index (χ1) is 9.33.